The Morgan fingerprint density at radius 2 is 1.78 bits per heavy atom. The number of rotatable bonds is 19. The van der Waals surface area contributed by atoms with Crippen LogP contribution in [0.4, 0.5) is 14.6 Å². The zero-order valence-corrected chi connectivity index (χ0v) is 49.0. The van der Waals surface area contributed by atoms with Crippen LogP contribution in [0.1, 0.15) is 102 Å². The van der Waals surface area contributed by atoms with Gasteiger partial charge in [0, 0.05) is 69.2 Å². The van der Waals surface area contributed by atoms with E-state index >= 15 is 8.78 Å². The molecule has 4 aliphatic heterocycles. The van der Waals surface area contributed by atoms with E-state index in [9.17, 15) is 24.9 Å². The number of Topliss-reactive ketones (excluding diaryl/α,β-unsaturated/α-hetero) is 1. The van der Waals surface area contributed by atoms with Gasteiger partial charge in [-0.2, -0.15) is 9.97 Å². The molecule has 12 rings (SSSR count). The maximum absolute atomic E-state index is 17.4. The molecule has 23 heteroatoms. The molecule has 85 heavy (non-hydrogen) atoms. The number of hydrogen-bond donors (Lipinski definition) is 5. The van der Waals surface area contributed by atoms with Gasteiger partial charge in [-0.25, -0.2) is 28.4 Å². The number of aliphatic hydroxyl groups excluding tert-OH is 1. The van der Waals surface area contributed by atoms with Gasteiger partial charge in [0.25, 0.3) is 0 Å². The number of piperidine rings is 1. The van der Waals surface area contributed by atoms with E-state index in [0.29, 0.717) is 64.7 Å². The van der Waals surface area contributed by atoms with Gasteiger partial charge >= 0.3 is 6.01 Å². The summed E-state index contributed by atoms with van der Waals surface area (Å²) in [7, 11) is 0. The summed E-state index contributed by atoms with van der Waals surface area (Å²) in [4.78, 5) is 61.8. The molecule has 0 radical (unpaired) electrons. The Morgan fingerprint density at radius 1 is 0.965 bits per heavy atom. The van der Waals surface area contributed by atoms with Crippen molar-refractivity contribution in [2.45, 2.75) is 134 Å². The predicted molar refractivity (Wildman–Crippen MR) is 316 cm³/mol. The zero-order valence-electron chi connectivity index (χ0n) is 48.2. The van der Waals surface area contributed by atoms with Gasteiger partial charge in [-0.3, -0.25) is 24.8 Å². The average molecular weight is 1180 g/mol. The number of phenols is 1. The predicted octanol–water partition coefficient (Wildman–Crippen LogP) is 8.24. The number of carbonyl (C=O) groups excluding carboxylic acids is 2. The van der Waals surface area contributed by atoms with Gasteiger partial charge in [0.2, 0.25) is 11.8 Å². The van der Waals surface area contributed by atoms with Gasteiger partial charge in [-0.1, -0.05) is 49.4 Å². The number of aryl methyl sites for hydroxylation is 2. The lowest BCUT2D eigenvalue weighted by Gasteiger charge is -2.38. The largest absolute Gasteiger partial charge is 0.508 e. The third kappa shape index (κ3) is 11.2. The van der Waals surface area contributed by atoms with Crippen LogP contribution in [-0.4, -0.2) is 145 Å². The molecule has 4 fully saturated rings. The van der Waals surface area contributed by atoms with E-state index in [2.05, 4.69) is 45.8 Å². The summed E-state index contributed by atoms with van der Waals surface area (Å²) in [5, 5.41) is 48.8. The molecule has 0 saturated carbocycles. The lowest BCUT2D eigenvalue weighted by Crippen LogP contribution is -2.59. The monoisotopic (exact) mass is 1180 g/mol. The molecule has 5 aromatic heterocycles. The summed E-state index contributed by atoms with van der Waals surface area (Å²) in [6.45, 7) is 11.7. The molecule has 3 aromatic carbocycles. The third-order valence-electron chi connectivity index (χ3n) is 17.7. The number of nitrogens with zero attached hydrogens (tertiary/aromatic N) is 11. The number of phenolic OH excluding ortho intramolecular Hbond substituents is 1. The maximum atomic E-state index is 17.4. The first-order chi connectivity index (χ1) is 40.9. The second kappa shape index (κ2) is 23.3. The van der Waals surface area contributed by atoms with Crippen LogP contribution in [0.15, 0.2) is 78.8 Å². The van der Waals surface area contributed by atoms with Gasteiger partial charge < -0.3 is 35.0 Å². The fourth-order valence-electron chi connectivity index (χ4n) is 13.4. The number of aromatic nitrogens is 9. The Balaban J connectivity index is 0.731. The molecule has 7 atom stereocenters. The Hall–Kier alpha value is -7.70. The average Bonchev–Trinajstić information content (AvgIpc) is 2.44. The van der Waals surface area contributed by atoms with Gasteiger partial charge in [-0.15, -0.1) is 16.4 Å². The third-order valence-corrected chi connectivity index (χ3v) is 18.6. The zero-order chi connectivity index (χ0) is 59.4. The van der Waals surface area contributed by atoms with Gasteiger partial charge in [-0.05, 0) is 124 Å². The number of nitrogens with one attached hydrogen (secondary N) is 2. The van der Waals surface area contributed by atoms with Crippen LogP contribution in [0.2, 0.25) is 0 Å². The molecule has 1 amide bonds. The number of aromatic hydroxyl groups is 1. The lowest BCUT2D eigenvalue weighted by atomic mass is 9.85. The van der Waals surface area contributed by atoms with E-state index in [-0.39, 0.29) is 97.8 Å². The molecule has 5 N–H and O–H groups in total. The highest BCUT2D eigenvalue weighted by Crippen LogP contribution is 2.45. The highest BCUT2D eigenvalue weighted by atomic mass is 32.1. The van der Waals surface area contributed by atoms with E-state index in [1.807, 2.05) is 62.4 Å². The number of aliphatic hydroxyl groups is 2. The Kier molecular flexibility index (Phi) is 15.8. The van der Waals surface area contributed by atoms with E-state index in [0.717, 1.165) is 53.9 Å². The van der Waals surface area contributed by atoms with Crippen LogP contribution in [0.3, 0.4) is 0 Å². The summed E-state index contributed by atoms with van der Waals surface area (Å²) in [6.07, 6.45) is 10.1. The Labute approximate surface area is 494 Å². The molecule has 444 valence electrons. The number of β-amino-alcohol motifs (C(OH)–C–C–N with tert-alkyl or cyclic N) is 2. The van der Waals surface area contributed by atoms with Crippen LogP contribution >= 0.6 is 11.3 Å². The number of halogens is 2. The van der Waals surface area contributed by atoms with E-state index in [4.69, 9.17) is 19.4 Å². The Morgan fingerprint density at radius 3 is 2.54 bits per heavy atom. The van der Waals surface area contributed by atoms with Crippen molar-refractivity contribution >= 4 is 50.5 Å². The first-order valence-corrected chi connectivity index (χ1v) is 30.1. The number of amides is 1. The molecule has 4 aliphatic rings. The molecule has 0 bridgehead atoms. The van der Waals surface area contributed by atoms with E-state index < -0.39 is 46.4 Å². The second-order valence-electron chi connectivity index (χ2n) is 23.8. The number of benzene rings is 3. The standard InChI is InChI=1S/C62H69F2N13O7S/c1-6-44-47(63)14-13-40-24-42(78)25-45(50(40)44)52-51(64)53-46(28-67-52)56(75-21-7-16-60(5,82)32-75)73-59(72-53)84-33-61-17-8-22-76(61)41(15-18-61)31-83-57-54(65-19-20-66-57)48-29-70-74-77(48)30-35(2)23-49(80)62(26-43(79)27-69-62)58(81)71-36(3)38-9-11-39(12-10-38)55-37(4)68-34-85-55/h9-14,19-20,24-25,28-29,34-36,41,43,69,78-79,82H,6-8,15-18,21-23,26-27,30-33H2,1-5H3,(H,71,81)/t35?,36-,41+,43?,60+,61+,62-/m0/s1. The molecule has 9 heterocycles. The van der Waals surface area contributed by atoms with Crippen molar-refractivity contribution in [1.29, 1.82) is 0 Å². The molecule has 20 nitrogen and oxygen atoms in total. The minimum absolute atomic E-state index is 0.00269. The molecule has 0 spiro atoms. The molecule has 2 unspecified atom stereocenters. The molecular formula is C62H69F2N13O7S. The van der Waals surface area contributed by atoms with Gasteiger partial charge in [0.1, 0.15) is 47.5 Å². The number of carbonyl (C=O) groups is 2. The van der Waals surface area contributed by atoms with Crippen LogP contribution in [0.25, 0.3) is 54.8 Å². The van der Waals surface area contributed by atoms with Crippen molar-refractivity contribution in [3.05, 3.63) is 107 Å². The van der Waals surface area contributed by atoms with Crippen LogP contribution in [0, 0.1) is 24.5 Å². The number of thiazole rings is 1. The number of anilines is 1. The van der Waals surface area contributed by atoms with Crippen molar-refractivity contribution in [3.63, 3.8) is 0 Å². The van der Waals surface area contributed by atoms with E-state index in [1.54, 1.807) is 47.6 Å². The van der Waals surface area contributed by atoms with Crippen molar-refractivity contribution in [3.8, 4) is 50.7 Å². The summed E-state index contributed by atoms with van der Waals surface area (Å²) in [6, 6.07) is 13.2. The quantitative estimate of drug-likeness (QED) is 0.0478. The SMILES string of the molecule is CCc1c(F)ccc2cc(O)cc(-c3ncc4c(N5CCC[C@@](C)(O)C5)nc(OC[C@]56CCCN5[C@@H](COc5nccnc5-c5cnnn5CC(C)CC(=O)[C@]5(C(=O)N[C@@H](C)c7ccc(-c8scnc8C)cc7)CC(O)CN5)CC6)nc4c3F)c12. The summed E-state index contributed by atoms with van der Waals surface area (Å²) in [5.74, 6) is -1.84. The number of ether oxygens (including phenoxy) is 2. The molecular weight excluding hydrogens is 1110 g/mol. The number of pyridine rings is 1. The van der Waals surface area contributed by atoms with Crippen molar-refractivity contribution < 1.29 is 43.2 Å². The summed E-state index contributed by atoms with van der Waals surface area (Å²) < 4.78 is 47.5. The van der Waals surface area contributed by atoms with Crippen LogP contribution in [0.5, 0.6) is 17.6 Å². The molecule has 8 aromatic rings. The first kappa shape index (κ1) is 57.7. The fraction of sp³-hybridized carbons (Fsp3) is 0.452. The van der Waals surface area contributed by atoms with Gasteiger partial charge in [0.15, 0.2) is 22.8 Å². The molecule has 0 aliphatic carbocycles. The second-order valence-corrected chi connectivity index (χ2v) is 24.6. The number of hydrogen-bond acceptors (Lipinski definition) is 19. The fourth-order valence-corrected chi connectivity index (χ4v) is 14.2. The summed E-state index contributed by atoms with van der Waals surface area (Å²) >= 11 is 1.57. The smallest absolute Gasteiger partial charge is 0.319 e. The minimum Gasteiger partial charge on any atom is -0.508 e. The van der Waals surface area contributed by atoms with Crippen LogP contribution in [-0.2, 0) is 22.6 Å². The van der Waals surface area contributed by atoms with Crippen molar-refractivity contribution in [1.82, 2.24) is 60.4 Å². The maximum Gasteiger partial charge on any atom is 0.319 e. The van der Waals surface area contributed by atoms with E-state index in [1.165, 1.54) is 24.4 Å². The van der Waals surface area contributed by atoms with Gasteiger partial charge in [0.05, 0.1) is 51.0 Å². The number of fused-ring (bicyclic) bond motifs is 3. The lowest BCUT2D eigenvalue weighted by molar-refractivity contribution is -0.138. The Bertz CT molecular complexity index is 3830. The normalized spacial score (nSPS) is 23.1. The van der Waals surface area contributed by atoms with Crippen molar-refractivity contribution in [2.24, 2.45) is 5.92 Å². The first-order valence-electron chi connectivity index (χ1n) is 29.2. The molecule has 4 saturated heterocycles. The topological polar surface area (TPSA) is 252 Å². The highest BCUT2D eigenvalue weighted by molar-refractivity contribution is 7.13. The van der Waals surface area contributed by atoms with Crippen molar-refractivity contribution in [2.75, 3.05) is 44.3 Å². The minimum atomic E-state index is -1.62. The number of ketones is 1. The summed E-state index contributed by atoms with van der Waals surface area (Å²) in [5.41, 5.74) is 2.99. The van der Waals surface area contributed by atoms with Crippen LogP contribution < -0.4 is 25.0 Å². The highest BCUT2D eigenvalue weighted by Gasteiger charge is 2.52.